The van der Waals surface area contributed by atoms with Crippen molar-refractivity contribution in [3.05, 3.63) is 70.3 Å². The lowest BCUT2D eigenvalue weighted by Crippen LogP contribution is -2.28. The highest BCUT2D eigenvalue weighted by atomic mass is 32.2. The van der Waals surface area contributed by atoms with Crippen molar-refractivity contribution in [2.75, 3.05) is 12.3 Å². The zero-order valence-electron chi connectivity index (χ0n) is 12.8. The maximum atomic E-state index is 11.9. The van der Waals surface area contributed by atoms with Crippen LogP contribution in [0.3, 0.4) is 0 Å². The van der Waals surface area contributed by atoms with E-state index in [0.717, 1.165) is 4.90 Å². The van der Waals surface area contributed by atoms with Crippen molar-refractivity contribution >= 4 is 23.4 Å². The molecule has 23 heavy (non-hydrogen) atoms. The molecule has 0 bridgehead atoms. The van der Waals surface area contributed by atoms with Gasteiger partial charge in [0.15, 0.2) is 0 Å². The molecule has 1 N–H and O–H groups in total. The number of amides is 1. The fourth-order valence-electron chi connectivity index (χ4n) is 2.03. The van der Waals surface area contributed by atoms with Crippen molar-refractivity contribution in [1.82, 2.24) is 5.32 Å². The average Bonchev–Trinajstić information content (AvgIpc) is 2.59. The molecule has 120 valence electrons. The van der Waals surface area contributed by atoms with Gasteiger partial charge in [0.25, 0.3) is 5.69 Å². The van der Waals surface area contributed by atoms with Crippen LogP contribution in [0.15, 0.2) is 59.5 Å². The van der Waals surface area contributed by atoms with Crippen molar-refractivity contribution < 1.29 is 9.72 Å². The molecule has 0 aliphatic rings. The maximum Gasteiger partial charge on any atom is 0.269 e. The van der Waals surface area contributed by atoms with Crippen molar-refractivity contribution in [2.45, 2.75) is 17.7 Å². The Morgan fingerprint density at radius 1 is 1.17 bits per heavy atom. The quantitative estimate of drug-likeness (QED) is 0.478. The van der Waals surface area contributed by atoms with Crippen LogP contribution < -0.4 is 5.32 Å². The van der Waals surface area contributed by atoms with Crippen LogP contribution in [0.4, 0.5) is 5.69 Å². The summed E-state index contributed by atoms with van der Waals surface area (Å²) in [4.78, 5) is 22.9. The van der Waals surface area contributed by atoms with Crippen LogP contribution >= 0.6 is 11.8 Å². The molecular formula is C17H18N2O3S. The van der Waals surface area contributed by atoms with Crippen LogP contribution in [0.1, 0.15) is 18.4 Å². The Morgan fingerprint density at radius 3 is 2.43 bits per heavy atom. The van der Waals surface area contributed by atoms with Gasteiger partial charge in [-0.05, 0) is 23.6 Å². The summed E-state index contributed by atoms with van der Waals surface area (Å²) in [6.07, 6.45) is 0. The normalized spacial score (nSPS) is 11.7. The van der Waals surface area contributed by atoms with Gasteiger partial charge in [-0.3, -0.25) is 14.9 Å². The van der Waals surface area contributed by atoms with Crippen LogP contribution in [0.5, 0.6) is 0 Å². The van der Waals surface area contributed by atoms with Gasteiger partial charge < -0.3 is 5.32 Å². The van der Waals surface area contributed by atoms with E-state index < -0.39 is 4.92 Å². The van der Waals surface area contributed by atoms with Crippen LogP contribution in [0.2, 0.25) is 0 Å². The monoisotopic (exact) mass is 330 g/mol. The minimum Gasteiger partial charge on any atom is -0.355 e. The van der Waals surface area contributed by atoms with Gasteiger partial charge in [-0.15, -0.1) is 11.8 Å². The number of non-ortho nitro benzene ring substituents is 1. The Morgan fingerprint density at radius 2 is 1.83 bits per heavy atom. The average molecular weight is 330 g/mol. The maximum absolute atomic E-state index is 11.9. The number of nitro benzene ring substituents is 1. The third kappa shape index (κ3) is 5.41. The molecule has 0 aliphatic carbocycles. The molecule has 0 aromatic heterocycles. The number of nitrogens with one attached hydrogen (secondary N) is 1. The number of hydrogen-bond donors (Lipinski definition) is 1. The van der Waals surface area contributed by atoms with Crippen LogP contribution in [-0.2, 0) is 4.79 Å². The highest BCUT2D eigenvalue weighted by Crippen LogP contribution is 2.21. The lowest BCUT2D eigenvalue weighted by atomic mass is 10.0. The van der Waals surface area contributed by atoms with Crippen molar-refractivity contribution in [1.29, 1.82) is 0 Å². The highest BCUT2D eigenvalue weighted by Gasteiger charge is 2.09. The Bertz CT molecular complexity index is 659. The van der Waals surface area contributed by atoms with Crippen molar-refractivity contribution in [3.63, 3.8) is 0 Å². The van der Waals surface area contributed by atoms with Gasteiger partial charge >= 0.3 is 0 Å². The van der Waals surface area contributed by atoms with Crippen molar-refractivity contribution in [2.24, 2.45) is 0 Å². The first-order valence-electron chi connectivity index (χ1n) is 7.25. The molecule has 2 aromatic carbocycles. The van der Waals surface area contributed by atoms with E-state index in [0.29, 0.717) is 12.3 Å². The second kappa shape index (κ2) is 8.33. The summed E-state index contributed by atoms with van der Waals surface area (Å²) in [6, 6.07) is 16.2. The molecule has 0 fully saturated rings. The van der Waals surface area contributed by atoms with Gasteiger partial charge in [0.1, 0.15) is 0 Å². The zero-order chi connectivity index (χ0) is 16.7. The molecule has 1 atom stereocenters. The van der Waals surface area contributed by atoms with Gasteiger partial charge in [0.05, 0.1) is 10.7 Å². The van der Waals surface area contributed by atoms with Gasteiger partial charge in [0.2, 0.25) is 5.91 Å². The summed E-state index contributed by atoms with van der Waals surface area (Å²) in [7, 11) is 0. The SMILES string of the molecule is CC(CNC(=O)CSc1ccc([N+](=O)[O-])cc1)c1ccccc1. The van der Waals surface area contributed by atoms with Crippen LogP contribution in [-0.4, -0.2) is 23.1 Å². The molecule has 0 radical (unpaired) electrons. The van der Waals surface area contributed by atoms with E-state index in [1.807, 2.05) is 30.3 Å². The smallest absolute Gasteiger partial charge is 0.269 e. The van der Waals surface area contributed by atoms with Gasteiger partial charge in [-0.25, -0.2) is 0 Å². The summed E-state index contributed by atoms with van der Waals surface area (Å²) >= 11 is 1.36. The molecule has 2 aromatic rings. The molecule has 1 amide bonds. The van der Waals surface area contributed by atoms with E-state index in [1.54, 1.807) is 12.1 Å². The summed E-state index contributed by atoms with van der Waals surface area (Å²) in [5, 5.41) is 13.5. The summed E-state index contributed by atoms with van der Waals surface area (Å²) in [6.45, 7) is 2.66. The molecule has 0 heterocycles. The fraction of sp³-hybridized carbons (Fsp3) is 0.235. The fourth-order valence-corrected chi connectivity index (χ4v) is 2.76. The molecule has 5 nitrogen and oxygen atoms in total. The summed E-state index contributed by atoms with van der Waals surface area (Å²) in [5.74, 6) is 0.500. The van der Waals surface area contributed by atoms with Gasteiger partial charge in [0, 0.05) is 23.6 Å². The van der Waals surface area contributed by atoms with Gasteiger partial charge in [-0.2, -0.15) is 0 Å². The molecule has 2 rings (SSSR count). The number of benzene rings is 2. The number of hydrogen-bond acceptors (Lipinski definition) is 4. The van der Waals surface area contributed by atoms with E-state index in [4.69, 9.17) is 0 Å². The van der Waals surface area contributed by atoms with E-state index in [2.05, 4.69) is 12.2 Å². The minimum absolute atomic E-state index is 0.0452. The minimum atomic E-state index is -0.438. The molecular weight excluding hydrogens is 312 g/mol. The van der Waals surface area contributed by atoms with Gasteiger partial charge in [-0.1, -0.05) is 37.3 Å². The largest absolute Gasteiger partial charge is 0.355 e. The second-order valence-electron chi connectivity index (χ2n) is 5.16. The van der Waals surface area contributed by atoms with E-state index in [9.17, 15) is 14.9 Å². The van der Waals surface area contributed by atoms with E-state index >= 15 is 0 Å². The first-order chi connectivity index (χ1) is 11.1. The molecule has 0 saturated carbocycles. The predicted octanol–water partition coefficient (Wildman–Crippen LogP) is 3.61. The predicted molar refractivity (Wildman–Crippen MR) is 91.7 cm³/mol. The lowest BCUT2D eigenvalue weighted by Gasteiger charge is -2.13. The number of carbonyl (C=O) groups excluding carboxylic acids is 1. The molecule has 6 heteroatoms. The Labute approximate surface area is 139 Å². The lowest BCUT2D eigenvalue weighted by molar-refractivity contribution is -0.384. The standard InChI is InChI=1S/C17H18N2O3S/c1-13(14-5-3-2-4-6-14)11-18-17(20)12-23-16-9-7-15(8-10-16)19(21)22/h2-10,13H,11-12H2,1H3,(H,18,20). The second-order valence-corrected chi connectivity index (χ2v) is 6.20. The summed E-state index contributed by atoms with van der Waals surface area (Å²) in [5.41, 5.74) is 1.24. The number of thioether (sulfide) groups is 1. The summed E-state index contributed by atoms with van der Waals surface area (Å²) < 4.78 is 0. The third-order valence-electron chi connectivity index (χ3n) is 3.39. The van der Waals surface area contributed by atoms with Crippen molar-refractivity contribution in [3.8, 4) is 0 Å². The van der Waals surface area contributed by atoms with Crippen LogP contribution in [0, 0.1) is 10.1 Å². The molecule has 0 saturated heterocycles. The third-order valence-corrected chi connectivity index (χ3v) is 4.40. The Hall–Kier alpha value is -2.34. The molecule has 1 unspecified atom stereocenters. The van der Waals surface area contributed by atoms with Crippen LogP contribution in [0.25, 0.3) is 0 Å². The van der Waals surface area contributed by atoms with E-state index in [1.165, 1.54) is 29.5 Å². The number of nitro groups is 1. The Kier molecular flexibility index (Phi) is 6.17. The first-order valence-corrected chi connectivity index (χ1v) is 8.23. The topological polar surface area (TPSA) is 72.2 Å². The zero-order valence-corrected chi connectivity index (χ0v) is 13.6. The molecule has 0 spiro atoms. The molecule has 0 aliphatic heterocycles. The van der Waals surface area contributed by atoms with E-state index in [-0.39, 0.29) is 17.5 Å². The number of nitrogens with zero attached hydrogens (tertiary/aromatic N) is 1. The first kappa shape index (κ1) is 17.0. The number of rotatable bonds is 7. The number of carbonyl (C=O) groups is 1. The Balaban J connectivity index is 1.75. The highest BCUT2D eigenvalue weighted by molar-refractivity contribution is 8.00.